The van der Waals surface area contributed by atoms with Crippen LogP contribution in [0.3, 0.4) is 0 Å². The van der Waals surface area contributed by atoms with Crippen LogP contribution in [0.25, 0.3) is 11.3 Å². The van der Waals surface area contributed by atoms with Crippen LogP contribution in [0.4, 0.5) is 19.0 Å². The standard InChI is InChI=1S/C20H17F3N4O/c1-4-12-16(17(21)11(3)18(22)19(12)23)14-8-26-15(9-25-14)27-20(28)13-5-6-24-7-10(13)2/h5-9H,4H2,1-3H3,(H,26,27,28). The molecule has 5 nitrogen and oxygen atoms in total. The fourth-order valence-corrected chi connectivity index (χ4v) is 2.86. The summed E-state index contributed by atoms with van der Waals surface area (Å²) in [6, 6.07) is 1.57. The summed E-state index contributed by atoms with van der Waals surface area (Å²) in [5, 5.41) is 2.58. The van der Waals surface area contributed by atoms with Gasteiger partial charge in [-0.25, -0.2) is 18.2 Å². The number of amides is 1. The third kappa shape index (κ3) is 3.45. The number of pyridine rings is 1. The lowest BCUT2D eigenvalue weighted by atomic mass is 9.97. The minimum absolute atomic E-state index is 0.0504. The number of nitrogens with one attached hydrogen (secondary N) is 1. The summed E-state index contributed by atoms with van der Waals surface area (Å²) in [5.74, 6) is -3.44. The SMILES string of the molecule is CCc1c(F)c(F)c(C)c(F)c1-c1cnc(NC(=O)c2ccncc2C)cn1. The number of hydrogen-bond acceptors (Lipinski definition) is 4. The van der Waals surface area contributed by atoms with Gasteiger partial charge in [-0.1, -0.05) is 6.92 Å². The van der Waals surface area contributed by atoms with Crippen LogP contribution in [-0.2, 0) is 6.42 Å². The van der Waals surface area contributed by atoms with E-state index in [9.17, 15) is 18.0 Å². The molecule has 0 bridgehead atoms. The first-order valence-electron chi connectivity index (χ1n) is 8.55. The Morgan fingerprint density at radius 3 is 2.39 bits per heavy atom. The van der Waals surface area contributed by atoms with Crippen molar-refractivity contribution in [3.63, 3.8) is 0 Å². The molecule has 0 radical (unpaired) electrons. The minimum Gasteiger partial charge on any atom is -0.305 e. The number of carbonyl (C=O) groups is 1. The zero-order valence-corrected chi connectivity index (χ0v) is 15.5. The number of hydrogen-bond donors (Lipinski definition) is 1. The van der Waals surface area contributed by atoms with Gasteiger partial charge in [0.2, 0.25) is 0 Å². The van der Waals surface area contributed by atoms with Crippen molar-refractivity contribution in [3.8, 4) is 11.3 Å². The predicted molar refractivity (Wildman–Crippen MR) is 98.4 cm³/mol. The molecule has 0 spiro atoms. The van der Waals surface area contributed by atoms with Gasteiger partial charge in [0, 0.05) is 34.6 Å². The van der Waals surface area contributed by atoms with Crippen LogP contribution in [0, 0.1) is 31.3 Å². The van der Waals surface area contributed by atoms with Crippen LogP contribution in [0.5, 0.6) is 0 Å². The van der Waals surface area contributed by atoms with E-state index in [1.807, 2.05) is 0 Å². The fourth-order valence-electron chi connectivity index (χ4n) is 2.86. The van der Waals surface area contributed by atoms with Gasteiger partial charge >= 0.3 is 0 Å². The predicted octanol–water partition coefficient (Wildman–Crippen LogP) is 4.39. The molecule has 2 heterocycles. The van der Waals surface area contributed by atoms with E-state index in [1.165, 1.54) is 18.6 Å². The third-order valence-corrected chi connectivity index (χ3v) is 4.41. The van der Waals surface area contributed by atoms with E-state index < -0.39 is 28.9 Å². The van der Waals surface area contributed by atoms with Crippen LogP contribution in [0.2, 0.25) is 0 Å². The Bertz CT molecular complexity index is 1050. The molecule has 144 valence electrons. The molecule has 0 saturated carbocycles. The van der Waals surface area contributed by atoms with Gasteiger partial charge < -0.3 is 5.32 Å². The lowest BCUT2D eigenvalue weighted by molar-refractivity contribution is 0.102. The molecular formula is C20H17F3N4O. The van der Waals surface area contributed by atoms with Crippen molar-refractivity contribution < 1.29 is 18.0 Å². The molecule has 3 aromatic rings. The molecule has 1 amide bonds. The zero-order chi connectivity index (χ0) is 20.4. The Kier molecular flexibility index (Phi) is 5.39. The Hall–Kier alpha value is -3.29. The van der Waals surface area contributed by atoms with Gasteiger partial charge in [0.25, 0.3) is 5.91 Å². The topological polar surface area (TPSA) is 67.8 Å². The Morgan fingerprint density at radius 1 is 1.04 bits per heavy atom. The Labute approximate surface area is 159 Å². The number of benzene rings is 1. The second-order valence-electron chi connectivity index (χ2n) is 6.21. The molecule has 0 fully saturated rings. The maximum Gasteiger partial charge on any atom is 0.257 e. The number of aromatic nitrogens is 3. The molecule has 1 N–H and O–H groups in total. The summed E-state index contributed by atoms with van der Waals surface area (Å²) in [4.78, 5) is 24.4. The van der Waals surface area contributed by atoms with Crippen LogP contribution >= 0.6 is 0 Å². The molecule has 0 saturated heterocycles. The molecule has 3 rings (SSSR count). The number of carbonyl (C=O) groups excluding carboxylic acids is 1. The number of rotatable bonds is 4. The van der Waals surface area contributed by atoms with Gasteiger partial charge in [-0.15, -0.1) is 0 Å². The van der Waals surface area contributed by atoms with E-state index >= 15 is 0 Å². The molecule has 0 atom stereocenters. The highest BCUT2D eigenvalue weighted by Gasteiger charge is 2.23. The molecule has 8 heteroatoms. The van der Waals surface area contributed by atoms with E-state index in [-0.39, 0.29) is 29.1 Å². The number of aryl methyl sites for hydroxylation is 1. The molecule has 0 aliphatic rings. The van der Waals surface area contributed by atoms with Crippen molar-refractivity contribution >= 4 is 11.7 Å². The summed E-state index contributed by atoms with van der Waals surface area (Å²) in [7, 11) is 0. The lowest BCUT2D eigenvalue weighted by Crippen LogP contribution is -2.14. The number of nitrogens with zero attached hydrogens (tertiary/aromatic N) is 3. The van der Waals surface area contributed by atoms with Gasteiger partial charge in [-0.05, 0) is 31.9 Å². The maximum atomic E-state index is 14.6. The second kappa shape index (κ2) is 7.75. The smallest absolute Gasteiger partial charge is 0.257 e. The maximum absolute atomic E-state index is 14.6. The third-order valence-electron chi connectivity index (χ3n) is 4.41. The Balaban J connectivity index is 1.94. The largest absolute Gasteiger partial charge is 0.305 e. The molecule has 2 aromatic heterocycles. The van der Waals surface area contributed by atoms with Gasteiger partial charge in [0.1, 0.15) is 5.82 Å². The van der Waals surface area contributed by atoms with Crippen LogP contribution in [-0.4, -0.2) is 20.9 Å². The first-order valence-corrected chi connectivity index (χ1v) is 8.55. The Morgan fingerprint density at radius 2 is 1.79 bits per heavy atom. The average molecular weight is 386 g/mol. The van der Waals surface area contributed by atoms with Crippen molar-refractivity contribution in [2.24, 2.45) is 0 Å². The number of anilines is 1. The second-order valence-corrected chi connectivity index (χ2v) is 6.21. The molecular weight excluding hydrogens is 369 g/mol. The van der Waals surface area contributed by atoms with Gasteiger partial charge in [0.15, 0.2) is 17.5 Å². The first kappa shape index (κ1) is 19.5. The quantitative estimate of drug-likeness (QED) is 0.676. The minimum atomic E-state index is -1.21. The van der Waals surface area contributed by atoms with Crippen molar-refractivity contribution in [2.45, 2.75) is 27.2 Å². The zero-order valence-electron chi connectivity index (χ0n) is 15.5. The highest BCUT2D eigenvalue weighted by atomic mass is 19.2. The van der Waals surface area contributed by atoms with Crippen molar-refractivity contribution in [1.82, 2.24) is 15.0 Å². The highest BCUT2D eigenvalue weighted by Crippen LogP contribution is 2.32. The highest BCUT2D eigenvalue weighted by molar-refractivity contribution is 6.04. The molecule has 0 aliphatic carbocycles. The van der Waals surface area contributed by atoms with E-state index in [0.29, 0.717) is 11.1 Å². The summed E-state index contributed by atoms with van der Waals surface area (Å²) >= 11 is 0. The molecule has 28 heavy (non-hydrogen) atoms. The van der Waals surface area contributed by atoms with E-state index in [1.54, 1.807) is 26.1 Å². The van der Waals surface area contributed by atoms with Crippen LogP contribution in [0.1, 0.15) is 34.0 Å². The van der Waals surface area contributed by atoms with Gasteiger partial charge in [0.05, 0.1) is 18.1 Å². The van der Waals surface area contributed by atoms with Crippen molar-refractivity contribution in [1.29, 1.82) is 0 Å². The van der Waals surface area contributed by atoms with Gasteiger partial charge in [-0.3, -0.25) is 14.8 Å². The van der Waals surface area contributed by atoms with Crippen molar-refractivity contribution in [3.05, 3.63) is 70.6 Å². The normalized spacial score (nSPS) is 10.8. The van der Waals surface area contributed by atoms with Crippen molar-refractivity contribution in [2.75, 3.05) is 5.32 Å². The van der Waals surface area contributed by atoms with Gasteiger partial charge in [-0.2, -0.15) is 0 Å². The molecule has 0 unspecified atom stereocenters. The average Bonchev–Trinajstić information content (AvgIpc) is 2.70. The monoisotopic (exact) mass is 386 g/mol. The fraction of sp³-hybridized carbons (Fsp3) is 0.200. The van der Waals surface area contributed by atoms with Crippen LogP contribution < -0.4 is 5.32 Å². The summed E-state index contributed by atoms with van der Waals surface area (Å²) < 4.78 is 42.6. The molecule has 1 aromatic carbocycles. The van der Waals surface area contributed by atoms with E-state index in [2.05, 4.69) is 20.3 Å². The summed E-state index contributed by atoms with van der Waals surface area (Å²) in [5.41, 5.74) is 0.507. The number of halogens is 3. The molecule has 0 aliphatic heterocycles. The summed E-state index contributed by atoms with van der Waals surface area (Å²) in [6.45, 7) is 4.50. The van der Waals surface area contributed by atoms with E-state index in [4.69, 9.17) is 0 Å². The first-order chi connectivity index (χ1) is 13.3. The summed E-state index contributed by atoms with van der Waals surface area (Å²) in [6.07, 6.45) is 5.58. The lowest BCUT2D eigenvalue weighted by Gasteiger charge is -2.13. The van der Waals surface area contributed by atoms with Crippen LogP contribution in [0.15, 0.2) is 30.9 Å². The van der Waals surface area contributed by atoms with E-state index in [0.717, 1.165) is 6.92 Å².